The minimum absolute atomic E-state index is 0.280. The maximum atomic E-state index is 12.2. The predicted molar refractivity (Wildman–Crippen MR) is 75.2 cm³/mol. The highest BCUT2D eigenvalue weighted by Gasteiger charge is 2.11. The van der Waals surface area contributed by atoms with Crippen molar-refractivity contribution >= 4 is 23.4 Å². The zero-order chi connectivity index (χ0) is 14.4. The normalized spacial score (nSPS) is 9.45. The van der Waals surface area contributed by atoms with E-state index in [4.69, 9.17) is 4.74 Å². The highest BCUT2D eigenvalue weighted by Crippen LogP contribution is 2.21. The Kier molecular flexibility index (Phi) is 4.27. The number of methoxy groups -OCH3 is 1. The van der Waals surface area contributed by atoms with Crippen molar-refractivity contribution in [3.05, 3.63) is 54.1 Å². The average molecular weight is 268 g/mol. The van der Waals surface area contributed by atoms with Gasteiger partial charge >= 0.3 is 0 Å². The van der Waals surface area contributed by atoms with Crippen molar-refractivity contribution in [3.63, 3.8) is 0 Å². The fraction of sp³-hybridized carbons (Fsp3) is 0.0667. The van der Waals surface area contributed by atoms with E-state index in [1.54, 1.807) is 55.6 Å². The number of nitrogens with one attached hydrogen (secondary N) is 1. The molecule has 0 unspecified atom stereocenters. The van der Waals surface area contributed by atoms with Crippen LogP contribution in [0.25, 0.3) is 0 Å². The van der Waals surface area contributed by atoms with Crippen LogP contribution in [-0.2, 0) is 4.79 Å². The van der Waals surface area contributed by atoms with Gasteiger partial charge in [0.2, 0.25) is 6.08 Å². The van der Waals surface area contributed by atoms with Crippen molar-refractivity contribution in [2.24, 2.45) is 4.99 Å². The predicted octanol–water partition coefficient (Wildman–Crippen LogP) is 2.91. The molecule has 1 N–H and O–H groups in total. The molecule has 0 aliphatic heterocycles. The summed E-state index contributed by atoms with van der Waals surface area (Å²) in [5, 5.41) is 2.72. The first-order valence-corrected chi connectivity index (χ1v) is 5.87. The van der Waals surface area contributed by atoms with Crippen LogP contribution in [0.4, 0.5) is 11.4 Å². The zero-order valence-electron chi connectivity index (χ0n) is 10.8. The standard InChI is InChI=1S/C15H12N2O3/c1-20-12-6-4-5-11(9-12)17-15(19)13-7-2-3-8-14(13)16-10-18/h2-9H,1H3,(H,17,19). The number of benzene rings is 2. The lowest BCUT2D eigenvalue weighted by atomic mass is 10.1. The van der Waals surface area contributed by atoms with Crippen molar-refractivity contribution in [3.8, 4) is 5.75 Å². The number of hydrogen-bond donors (Lipinski definition) is 1. The third-order valence-corrected chi connectivity index (χ3v) is 2.64. The summed E-state index contributed by atoms with van der Waals surface area (Å²) < 4.78 is 5.08. The summed E-state index contributed by atoms with van der Waals surface area (Å²) in [5.74, 6) is 0.287. The van der Waals surface area contributed by atoms with Gasteiger partial charge in [-0.1, -0.05) is 18.2 Å². The Bertz CT molecular complexity index is 676. The molecule has 5 heteroatoms. The van der Waals surface area contributed by atoms with Gasteiger partial charge in [-0.05, 0) is 24.3 Å². The molecule has 100 valence electrons. The van der Waals surface area contributed by atoms with Crippen LogP contribution in [0.15, 0.2) is 53.5 Å². The molecule has 0 spiro atoms. The maximum Gasteiger partial charge on any atom is 0.257 e. The Morgan fingerprint density at radius 3 is 2.75 bits per heavy atom. The molecule has 0 saturated carbocycles. The van der Waals surface area contributed by atoms with Gasteiger partial charge in [-0.25, -0.2) is 4.79 Å². The van der Waals surface area contributed by atoms with E-state index >= 15 is 0 Å². The number of amides is 1. The van der Waals surface area contributed by atoms with Gasteiger partial charge < -0.3 is 10.1 Å². The maximum absolute atomic E-state index is 12.2. The van der Waals surface area contributed by atoms with Gasteiger partial charge in [0.15, 0.2) is 0 Å². The van der Waals surface area contributed by atoms with Crippen LogP contribution in [-0.4, -0.2) is 19.1 Å². The van der Waals surface area contributed by atoms with Crippen LogP contribution in [0, 0.1) is 0 Å². The monoisotopic (exact) mass is 268 g/mol. The van der Waals surface area contributed by atoms with Gasteiger partial charge in [-0.3, -0.25) is 4.79 Å². The van der Waals surface area contributed by atoms with Gasteiger partial charge in [0.1, 0.15) is 5.75 Å². The van der Waals surface area contributed by atoms with E-state index in [1.807, 2.05) is 0 Å². The van der Waals surface area contributed by atoms with E-state index in [0.29, 0.717) is 17.0 Å². The third kappa shape index (κ3) is 3.10. The zero-order valence-corrected chi connectivity index (χ0v) is 10.8. The number of nitrogens with zero attached hydrogens (tertiary/aromatic N) is 1. The largest absolute Gasteiger partial charge is 0.497 e. The summed E-state index contributed by atoms with van der Waals surface area (Å²) >= 11 is 0. The van der Waals surface area contributed by atoms with E-state index in [1.165, 1.54) is 6.08 Å². The van der Waals surface area contributed by atoms with Crippen LogP contribution in [0.1, 0.15) is 10.4 Å². The highest BCUT2D eigenvalue weighted by atomic mass is 16.5. The number of anilines is 1. The van der Waals surface area contributed by atoms with Crippen molar-refractivity contribution in [2.75, 3.05) is 12.4 Å². The number of ether oxygens (including phenoxy) is 1. The lowest BCUT2D eigenvalue weighted by molar-refractivity contribution is 0.102. The summed E-state index contributed by atoms with van der Waals surface area (Å²) in [6, 6.07) is 13.5. The fourth-order valence-electron chi connectivity index (χ4n) is 1.71. The van der Waals surface area contributed by atoms with Crippen LogP contribution in [0.5, 0.6) is 5.75 Å². The molecule has 0 atom stereocenters. The first kappa shape index (κ1) is 13.5. The third-order valence-electron chi connectivity index (χ3n) is 2.64. The lowest BCUT2D eigenvalue weighted by Crippen LogP contribution is -2.12. The number of hydrogen-bond acceptors (Lipinski definition) is 4. The van der Waals surface area contributed by atoms with Gasteiger partial charge in [0.05, 0.1) is 18.4 Å². The van der Waals surface area contributed by atoms with E-state index in [0.717, 1.165) is 0 Å². The molecule has 5 nitrogen and oxygen atoms in total. The second-order valence-corrected chi connectivity index (χ2v) is 3.91. The summed E-state index contributed by atoms with van der Waals surface area (Å²) in [6.45, 7) is 0. The molecule has 0 aromatic heterocycles. The number of rotatable bonds is 4. The summed E-state index contributed by atoms with van der Waals surface area (Å²) in [7, 11) is 1.55. The Labute approximate surface area is 115 Å². The second kappa shape index (κ2) is 6.31. The molecule has 2 aromatic carbocycles. The first-order valence-electron chi connectivity index (χ1n) is 5.87. The van der Waals surface area contributed by atoms with Gasteiger partial charge in [0, 0.05) is 11.8 Å². The summed E-state index contributed by atoms with van der Waals surface area (Å²) in [6.07, 6.45) is 1.44. The molecule has 1 amide bonds. The van der Waals surface area contributed by atoms with E-state index < -0.39 is 0 Å². The van der Waals surface area contributed by atoms with Gasteiger partial charge in [-0.2, -0.15) is 4.99 Å². The van der Waals surface area contributed by atoms with Crippen LogP contribution in [0.3, 0.4) is 0 Å². The Morgan fingerprint density at radius 2 is 2.00 bits per heavy atom. The molecular weight excluding hydrogens is 256 g/mol. The number of carbonyl (C=O) groups is 1. The van der Waals surface area contributed by atoms with Crippen molar-refractivity contribution < 1.29 is 14.3 Å². The van der Waals surface area contributed by atoms with Crippen molar-refractivity contribution in [1.82, 2.24) is 0 Å². The Balaban J connectivity index is 2.26. The molecule has 0 fully saturated rings. The number of isocyanates is 1. The minimum Gasteiger partial charge on any atom is -0.497 e. The fourth-order valence-corrected chi connectivity index (χ4v) is 1.71. The SMILES string of the molecule is COc1cccc(NC(=O)c2ccccc2N=C=O)c1. The molecule has 2 aromatic rings. The minimum atomic E-state index is -0.354. The van der Waals surface area contributed by atoms with E-state index in [2.05, 4.69) is 10.3 Å². The topological polar surface area (TPSA) is 67.8 Å². The number of carbonyl (C=O) groups excluding carboxylic acids is 2. The quantitative estimate of drug-likeness (QED) is 0.684. The van der Waals surface area contributed by atoms with Crippen molar-refractivity contribution in [1.29, 1.82) is 0 Å². The first-order chi connectivity index (χ1) is 9.74. The van der Waals surface area contributed by atoms with Crippen LogP contribution < -0.4 is 10.1 Å². The van der Waals surface area contributed by atoms with Crippen molar-refractivity contribution in [2.45, 2.75) is 0 Å². The number of para-hydroxylation sites is 1. The molecule has 0 bridgehead atoms. The average Bonchev–Trinajstić information content (AvgIpc) is 2.48. The smallest absolute Gasteiger partial charge is 0.257 e. The molecule has 0 aliphatic carbocycles. The molecule has 20 heavy (non-hydrogen) atoms. The number of aliphatic imine (C=N–C) groups is 1. The van der Waals surface area contributed by atoms with Crippen LogP contribution in [0.2, 0.25) is 0 Å². The van der Waals surface area contributed by atoms with Gasteiger partial charge in [-0.15, -0.1) is 0 Å². The Morgan fingerprint density at radius 1 is 1.20 bits per heavy atom. The molecular formula is C15H12N2O3. The molecule has 2 rings (SSSR count). The second-order valence-electron chi connectivity index (χ2n) is 3.91. The molecule has 0 aliphatic rings. The highest BCUT2D eigenvalue weighted by molar-refractivity contribution is 6.07. The van der Waals surface area contributed by atoms with Crippen LogP contribution >= 0.6 is 0 Å². The molecule has 0 radical (unpaired) electrons. The van der Waals surface area contributed by atoms with Gasteiger partial charge in [0.25, 0.3) is 5.91 Å². The molecule has 0 saturated heterocycles. The van der Waals surface area contributed by atoms with E-state index in [9.17, 15) is 9.59 Å². The molecule has 0 heterocycles. The summed E-state index contributed by atoms with van der Waals surface area (Å²) in [5.41, 5.74) is 1.18. The summed E-state index contributed by atoms with van der Waals surface area (Å²) in [4.78, 5) is 26.0. The Hall–Kier alpha value is -2.91. The van der Waals surface area contributed by atoms with E-state index in [-0.39, 0.29) is 11.6 Å². The lowest BCUT2D eigenvalue weighted by Gasteiger charge is -2.08.